The predicted octanol–water partition coefficient (Wildman–Crippen LogP) is 4.26. The second kappa shape index (κ2) is 11.7. The van der Waals surface area contributed by atoms with E-state index in [4.69, 9.17) is 4.74 Å². The van der Waals surface area contributed by atoms with Gasteiger partial charge in [0.05, 0.1) is 12.0 Å². The van der Waals surface area contributed by atoms with Crippen LogP contribution in [0.25, 0.3) is 0 Å². The molecule has 2 fully saturated rings. The van der Waals surface area contributed by atoms with E-state index in [-0.39, 0.29) is 11.8 Å². The van der Waals surface area contributed by atoms with E-state index in [1.807, 2.05) is 35.9 Å². The molecule has 0 saturated carbocycles. The van der Waals surface area contributed by atoms with Crippen LogP contribution in [0.1, 0.15) is 73.1 Å². The predicted molar refractivity (Wildman–Crippen MR) is 148 cm³/mol. The summed E-state index contributed by atoms with van der Waals surface area (Å²) >= 11 is 0. The highest BCUT2D eigenvalue weighted by atomic mass is 16.5. The Balaban J connectivity index is 1.26. The van der Waals surface area contributed by atoms with Crippen LogP contribution in [0.3, 0.4) is 0 Å². The van der Waals surface area contributed by atoms with Gasteiger partial charge in [0.25, 0.3) is 5.91 Å². The molecule has 2 saturated heterocycles. The fourth-order valence-electron chi connectivity index (χ4n) is 6.20. The SMILES string of the molecule is Cc1cc(C(=O)N2CCC3(CCCCCc4ccccc4OCCN(C)C3=O)CC2)nc(N2CCCC2)n1. The number of piperidine rings is 1. The molecule has 8 nitrogen and oxygen atoms in total. The summed E-state index contributed by atoms with van der Waals surface area (Å²) in [7, 11) is 1.89. The molecule has 2 amide bonds. The van der Waals surface area contributed by atoms with Gasteiger partial charge in [-0.25, -0.2) is 9.97 Å². The van der Waals surface area contributed by atoms with Crippen molar-refractivity contribution in [3.05, 3.63) is 47.3 Å². The van der Waals surface area contributed by atoms with Crippen LogP contribution in [0.5, 0.6) is 5.75 Å². The number of aromatic nitrogens is 2. The van der Waals surface area contributed by atoms with Crippen LogP contribution in [0, 0.1) is 12.3 Å². The van der Waals surface area contributed by atoms with Crippen LogP contribution < -0.4 is 9.64 Å². The average molecular weight is 520 g/mol. The molecule has 0 atom stereocenters. The zero-order valence-corrected chi connectivity index (χ0v) is 23.0. The highest BCUT2D eigenvalue weighted by molar-refractivity contribution is 5.93. The molecule has 204 valence electrons. The Hall–Kier alpha value is -3.16. The van der Waals surface area contributed by atoms with Crippen molar-refractivity contribution in [2.45, 2.75) is 64.7 Å². The number of nitrogens with zero attached hydrogens (tertiary/aromatic N) is 5. The molecule has 3 aliphatic heterocycles. The maximum Gasteiger partial charge on any atom is 0.272 e. The van der Waals surface area contributed by atoms with Crippen LogP contribution in [0.15, 0.2) is 30.3 Å². The fourth-order valence-corrected chi connectivity index (χ4v) is 6.20. The van der Waals surface area contributed by atoms with E-state index in [0.717, 1.165) is 69.5 Å². The van der Waals surface area contributed by atoms with E-state index in [1.54, 1.807) is 6.07 Å². The van der Waals surface area contributed by atoms with E-state index < -0.39 is 5.41 Å². The van der Waals surface area contributed by atoms with Gasteiger partial charge in [0.15, 0.2) is 0 Å². The molecule has 4 heterocycles. The molecule has 1 spiro atoms. The van der Waals surface area contributed by atoms with Crippen LogP contribution in [-0.4, -0.2) is 78.0 Å². The number of amides is 2. The van der Waals surface area contributed by atoms with Crippen LogP contribution in [0.2, 0.25) is 0 Å². The normalized spacial score (nSPS) is 20.8. The maximum absolute atomic E-state index is 13.8. The Morgan fingerprint density at radius 1 is 0.921 bits per heavy atom. The fraction of sp³-hybridized carbons (Fsp3) is 0.600. The lowest BCUT2D eigenvalue weighted by Crippen LogP contribution is -2.51. The topological polar surface area (TPSA) is 78.9 Å². The van der Waals surface area contributed by atoms with Crippen molar-refractivity contribution >= 4 is 17.8 Å². The number of benzene rings is 1. The first kappa shape index (κ1) is 26.4. The molecule has 1 aromatic carbocycles. The van der Waals surface area contributed by atoms with Crippen molar-refractivity contribution in [3.63, 3.8) is 0 Å². The number of carbonyl (C=O) groups excluding carboxylic acids is 2. The molecule has 0 radical (unpaired) electrons. The third-order valence-corrected chi connectivity index (χ3v) is 8.52. The van der Waals surface area contributed by atoms with Gasteiger partial charge < -0.3 is 19.4 Å². The number of hydrogen-bond donors (Lipinski definition) is 0. The molecular weight excluding hydrogens is 478 g/mol. The van der Waals surface area contributed by atoms with Crippen LogP contribution in [0.4, 0.5) is 5.95 Å². The Morgan fingerprint density at radius 3 is 2.47 bits per heavy atom. The van der Waals surface area contributed by atoms with Gasteiger partial charge in [0.2, 0.25) is 11.9 Å². The monoisotopic (exact) mass is 519 g/mol. The first-order valence-electron chi connectivity index (χ1n) is 14.3. The van der Waals surface area contributed by atoms with E-state index >= 15 is 0 Å². The van der Waals surface area contributed by atoms with Gasteiger partial charge in [-0.05, 0) is 69.6 Å². The summed E-state index contributed by atoms with van der Waals surface area (Å²) in [5.41, 5.74) is 2.10. The molecular formula is C30H41N5O3. The Morgan fingerprint density at radius 2 is 1.68 bits per heavy atom. The molecule has 0 bridgehead atoms. The van der Waals surface area contributed by atoms with Gasteiger partial charge in [-0.1, -0.05) is 31.0 Å². The van der Waals surface area contributed by atoms with Gasteiger partial charge in [-0.3, -0.25) is 9.59 Å². The summed E-state index contributed by atoms with van der Waals surface area (Å²) in [6, 6.07) is 10.0. The average Bonchev–Trinajstić information content (AvgIpc) is 3.48. The lowest BCUT2D eigenvalue weighted by Gasteiger charge is -2.42. The number of aryl methyl sites for hydroxylation is 2. The highest BCUT2D eigenvalue weighted by Gasteiger charge is 2.43. The van der Waals surface area contributed by atoms with Crippen molar-refractivity contribution in [1.29, 1.82) is 0 Å². The molecule has 0 unspecified atom stereocenters. The number of likely N-dealkylation sites (tertiary alicyclic amines) is 1. The van der Waals surface area contributed by atoms with Crippen molar-refractivity contribution < 1.29 is 14.3 Å². The maximum atomic E-state index is 13.8. The third-order valence-electron chi connectivity index (χ3n) is 8.52. The largest absolute Gasteiger partial charge is 0.491 e. The summed E-state index contributed by atoms with van der Waals surface area (Å²) in [4.78, 5) is 42.4. The number of fused-ring (bicyclic) bond motifs is 1. The minimum atomic E-state index is -0.422. The van der Waals surface area contributed by atoms with Crippen LogP contribution in [-0.2, 0) is 11.2 Å². The molecule has 1 aromatic heterocycles. The Labute approximate surface area is 226 Å². The molecule has 8 heteroatoms. The lowest BCUT2D eigenvalue weighted by molar-refractivity contribution is -0.144. The van der Waals surface area contributed by atoms with E-state index in [1.165, 1.54) is 5.56 Å². The number of likely N-dealkylation sites (N-methyl/N-ethyl adjacent to an activating group) is 1. The zero-order chi connectivity index (χ0) is 26.5. The number of para-hydroxylation sites is 1. The van der Waals surface area contributed by atoms with Crippen molar-refractivity contribution in [2.75, 3.05) is 51.3 Å². The number of ether oxygens (including phenoxy) is 1. The summed E-state index contributed by atoms with van der Waals surface area (Å²) in [5, 5.41) is 0. The smallest absolute Gasteiger partial charge is 0.272 e. The van der Waals surface area contributed by atoms with E-state index in [2.05, 4.69) is 27.0 Å². The van der Waals surface area contributed by atoms with Crippen LogP contribution >= 0.6 is 0 Å². The number of anilines is 1. The highest BCUT2D eigenvalue weighted by Crippen LogP contribution is 2.39. The molecule has 0 aliphatic carbocycles. The van der Waals surface area contributed by atoms with E-state index in [0.29, 0.717) is 50.7 Å². The quantitative estimate of drug-likeness (QED) is 0.590. The molecule has 0 N–H and O–H groups in total. The van der Waals surface area contributed by atoms with Gasteiger partial charge in [-0.2, -0.15) is 0 Å². The number of hydrogen-bond acceptors (Lipinski definition) is 6. The minimum absolute atomic E-state index is 0.0533. The second-order valence-corrected chi connectivity index (χ2v) is 11.2. The standard InChI is InChI=1S/C30H41N5O3/c1-23-22-25(32-29(31-23)35-16-8-9-17-35)27(36)34-18-14-30(15-19-34)13-7-3-4-10-24-11-5-6-12-26(24)38-21-20-33(2)28(30)37/h5-6,11-12,22H,3-4,7-10,13-21H2,1-2H3. The zero-order valence-electron chi connectivity index (χ0n) is 23.0. The Bertz CT molecular complexity index is 1140. The number of rotatable bonds is 2. The Kier molecular flexibility index (Phi) is 8.15. The van der Waals surface area contributed by atoms with E-state index in [9.17, 15) is 9.59 Å². The molecule has 5 rings (SSSR count). The summed E-state index contributed by atoms with van der Waals surface area (Å²) < 4.78 is 6.09. The molecule has 38 heavy (non-hydrogen) atoms. The molecule has 2 aromatic rings. The van der Waals surface area contributed by atoms with Gasteiger partial charge in [0.1, 0.15) is 18.1 Å². The third kappa shape index (κ3) is 5.79. The minimum Gasteiger partial charge on any atom is -0.491 e. The van der Waals surface area contributed by atoms with Gasteiger partial charge in [-0.15, -0.1) is 0 Å². The van der Waals surface area contributed by atoms with Gasteiger partial charge in [0, 0.05) is 38.9 Å². The lowest BCUT2D eigenvalue weighted by atomic mass is 9.73. The van der Waals surface area contributed by atoms with Gasteiger partial charge >= 0.3 is 0 Å². The van der Waals surface area contributed by atoms with Crippen molar-refractivity contribution in [2.24, 2.45) is 5.41 Å². The van der Waals surface area contributed by atoms with Crippen molar-refractivity contribution in [3.8, 4) is 5.75 Å². The number of carbonyl (C=O) groups is 2. The molecule has 3 aliphatic rings. The first-order chi connectivity index (χ1) is 18.4. The second-order valence-electron chi connectivity index (χ2n) is 11.2. The first-order valence-corrected chi connectivity index (χ1v) is 14.3. The van der Waals surface area contributed by atoms with Crippen molar-refractivity contribution in [1.82, 2.24) is 19.8 Å². The summed E-state index contributed by atoms with van der Waals surface area (Å²) in [6.45, 7) is 5.98. The summed E-state index contributed by atoms with van der Waals surface area (Å²) in [6.07, 6.45) is 8.68. The summed E-state index contributed by atoms with van der Waals surface area (Å²) in [5.74, 6) is 1.73.